The van der Waals surface area contributed by atoms with Crippen LogP contribution in [-0.4, -0.2) is 17.3 Å². The van der Waals surface area contributed by atoms with Crippen LogP contribution in [0.1, 0.15) is 27.7 Å². The van der Waals surface area contributed by atoms with E-state index in [-0.39, 0.29) is 11.1 Å². The van der Waals surface area contributed by atoms with Crippen LogP contribution in [0.25, 0.3) is 0 Å². The number of carboxylic acid groups (broad SMARTS) is 1. The van der Waals surface area contributed by atoms with E-state index in [4.69, 9.17) is 6.48 Å². The predicted molar refractivity (Wildman–Crippen MR) is 43.5 cm³/mol. The second kappa shape index (κ2) is 3.17. The molecule has 0 atom stereocenters. The van der Waals surface area contributed by atoms with Gasteiger partial charge in [0, 0.05) is 5.56 Å². The summed E-state index contributed by atoms with van der Waals surface area (Å²) in [5.41, 5.74) is 0.549. The van der Waals surface area contributed by atoms with Gasteiger partial charge in [-0.15, -0.1) is 0 Å². The SMILES string of the molecule is [3H]C(=O)c1cccc(C(=O)O)c1C. The normalized spacial score (nSPS) is 10.6. The highest BCUT2D eigenvalue weighted by molar-refractivity contribution is 5.92. The fourth-order valence-electron chi connectivity index (χ4n) is 0.978. The maximum absolute atomic E-state index is 10.7. The van der Waals surface area contributed by atoms with Gasteiger partial charge in [-0.3, -0.25) is 4.79 Å². The van der Waals surface area contributed by atoms with Gasteiger partial charge in [0.05, 0.1) is 5.56 Å². The van der Waals surface area contributed by atoms with Crippen molar-refractivity contribution in [3.8, 4) is 0 Å². The van der Waals surface area contributed by atoms with Crippen molar-refractivity contribution in [2.24, 2.45) is 0 Å². The molecule has 0 amide bonds. The largest absolute Gasteiger partial charge is 0.478 e. The predicted octanol–water partition coefficient (Wildman–Crippen LogP) is 1.51. The molecule has 3 nitrogen and oxygen atoms in total. The third-order valence-corrected chi connectivity index (χ3v) is 1.67. The van der Waals surface area contributed by atoms with Crippen molar-refractivity contribution in [2.75, 3.05) is 0 Å². The summed E-state index contributed by atoms with van der Waals surface area (Å²) < 4.78 is 6.87. The topological polar surface area (TPSA) is 54.4 Å². The van der Waals surface area contributed by atoms with Gasteiger partial charge in [-0.2, -0.15) is 0 Å². The highest BCUT2D eigenvalue weighted by Crippen LogP contribution is 2.11. The zero-order chi connectivity index (χ0) is 10.0. The molecule has 0 aliphatic carbocycles. The smallest absolute Gasteiger partial charge is 0.335 e. The fraction of sp³-hybridized carbons (Fsp3) is 0.111. The van der Waals surface area contributed by atoms with Crippen molar-refractivity contribution in [3.63, 3.8) is 0 Å². The van der Waals surface area contributed by atoms with Gasteiger partial charge < -0.3 is 5.11 Å². The average molecular weight is 166 g/mol. The van der Waals surface area contributed by atoms with Crippen molar-refractivity contribution in [3.05, 3.63) is 34.9 Å². The summed E-state index contributed by atoms with van der Waals surface area (Å²) >= 11 is 0. The van der Waals surface area contributed by atoms with Crippen LogP contribution >= 0.6 is 0 Å². The summed E-state index contributed by atoms with van der Waals surface area (Å²) in [7, 11) is 0. The Bertz CT molecular complexity index is 339. The monoisotopic (exact) mass is 166 g/mol. The number of carboxylic acids is 1. The first-order chi connectivity index (χ1) is 6.04. The molecule has 0 fully saturated rings. The Morgan fingerprint density at radius 1 is 1.67 bits per heavy atom. The number of rotatable bonds is 2. The summed E-state index contributed by atoms with van der Waals surface area (Å²) in [6, 6.07) is 4.30. The number of hydrogen-bond donors (Lipinski definition) is 1. The van der Waals surface area contributed by atoms with Gasteiger partial charge in [0.15, 0.2) is 0 Å². The summed E-state index contributed by atoms with van der Waals surface area (Å²) in [6.45, 7) is 1.52. The van der Waals surface area contributed by atoms with E-state index in [0.717, 1.165) is 0 Å². The van der Waals surface area contributed by atoms with Crippen molar-refractivity contribution >= 4 is 12.2 Å². The van der Waals surface area contributed by atoms with Gasteiger partial charge in [-0.25, -0.2) is 4.79 Å². The molecule has 3 heteroatoms. The Morgan fingerprint density at radius 3 is 2.83 bits per heavy atom. The standard InChI is InChI=1S/C9H8O3/c1-6-7(5-10)3-2-4-8(6)9(11)12/h2-5H,1H3,(H,11,12)/i5T. The Morgan fingerprint density at radius 2 is 2.33 bits per heavy atom. The van der Waals surface area contributed by atoms with Gasteiger partial charge in [-0.05, 0) is 18.6 Å². The molecule has 0 aliphatic heterocycles. The second-order valence-corrected chi connectivity index (χ2v) is 2.39. The molecule has 0 saturated heterocycles. The van der Waals surface area contributed by atoms with E-state index in [1.807, 2.05) is 0 Å². The van der Waals surface area contributed by atoms with Crippen LogP contribution in [0.3, 0.4) is 0 Å². The molecule has 1 N–H and O–H groups in total. The van der Waals surface area contributed by atoms with Gasteiger partial charge in [-0.1, -0.05) is 12.1 Å². The molecule has 0 bridgehead atoms. The third kappa shape index (κ3) is 1.34. The number of aromatic carboxylic acids is 1. The van der Waals surface area contributed by atoms with Gasteiger partial charge >= 0.3 is 5.97 Å². The van der Waals surface area contributed by atoms with Crippen LogP contribution in [0, 0.1) is 6.92 Å². The minimum Gasteiger partial charge on any atom is -0.478 e. The lowest BCUT2D eigenvalue weighted by atomic mass is 10.0. The van der Waals surface area contributed by atoms with Gasteiger partial charge in [0.1, 0.15) is 7.63 Å². The van der Waals surface area contributed by atoms with E-state index in [2.05, 4.69) is 0 Å². The molecular formula is C9H8O3. The summed E-state index contributed by atoms with van der Waals surface area (Å²) in [6.07, 6.45) is -0.861. The first-order valence-corrected chi connectivity index (χ1v) is 3.38. The lowest BCUT2D eigenvalue weighted by Crippen LogP contribution is -2.01. The summed E-state index contributed by atoms with van der Waals surface area (Å²) in [5, 5.41) is 8.70. The molecule has 12 heavy (non-hydrogen) atoms. The van der Waals surface area contributed by atoms with Crippen LogP contribution in [0.2, 0.25) is 0 Å². The number of aldehydes is 1. The van der Waals surface area contributed by atoms with Crippen LogP contribution in [0.4, 0.5) is 0 Å². The number of carbonyl (C=O) groups is 2. The quantitative estimate of drug-likeness (QED) is 0.677. The van der Waals surface area contributed by atoms with Crippen molar-refractivity contribution in [2.45, 2.75) is 6.92 Å². The molecule has 1 aromatic rings. The van der Waals surface area contributed by atoms with Crippen LogP contribution < -0.4 is 0 Å². The molecule has 0 radical (unpaired) electrons. The van der Waals surface area contributed by atoms with E-state index in [9.17, 15) is 9.59 Å². The second-order valence-electron chi connectivity index (χ2n) is 2.39. The first kappa shape index (κ1) is 7.03. The van der Waals surface area contributed by atoms with E-state index >= 15 is 0 Å². The van der Waals surface area contributed by atoms with Crippen molar-refractivity contribution in [1.29, 1.82) is 0 Å². The highest BCUT2D eigenvalue weighted by atomic mass is 16.4. The van der Waals surface area contributed by atoms with E-state index in [0.29, 0.717) is 5.56 Å². The molecule has 0 saturated carbocycles. The first-order valence-electron chi connectivity index (χ1n) is 3.88. The Kier molecular flexibility index (Phi) is 1.86. The van der Waals surface area contributed by atoms with Crippen LogP contribution in [0.5, 0.6) is 0 Å². The number of hydrogen-bond acceptors (Lipinski definition) is 2. The van der Waals surface area contributed by atoms with E-state index < -0.39 is 12.2 Å². The van der Waals surface area contributed by atoms with Crippen LogP contribution in [-0.2, 0) is 0 Å². The summed E-state index contributed by atoms with van der Waals surface area (Å²) in [5.74, 6) is -1.08. The Labute approximate surface area is 71.0 Å². The van der Waals surface area contributed by atoms with E-state index in [1.54, 1.807) is 0 Å². The molecule has 0 aromatic heterocycles. The molecule has 0 aliphatic rings. The molecule has 0 spiro atoms. The zero-order valence-electron chi connectivity index (χ0n) is 7.50. The van der Waals surface area contributed by atoms with E-state index in [1.165, 1.54) is 25.1 Å². The van der Waals surface area contributed by atoms with Crippen molar-refractivity contribution < 1.29 is 16.1 Å². The minimum atomic E-state index is -1.08. The maximum Gasteiger partial charge on any atom is 0.335 e. The van der Waals surface area contributed by atoms with Crippen molar-refractivity contribution in [1.82, 2.24) is 0 Å². The zero-order valence-corrected chi connectivity index (χ0v) is 6.50. The van der Waals surface area contributed by atoms with Crippen LogP contribution in [0.15, 0.2) is 18.2 Å². The Balaban J connectivity index is 3.35. The number of carbonyl (C=O) groups excluding carboxylic acids is 1. The minimum absolute atomic E-state index is 0.0677. The fourth-order valence-corrected chi connectivity index (χ4v) is 0.978. The molecule has 1 rings (SSSR count). The Hall–Kier alpha value is -1.64. The molecule has 62 valence electrons. The summed E-state index contributed by atoms with van der Waals surface area (Å²) in [4.78, 5) is 21.3. The molecular weight excluding hydrogens is 156 g/mol. The molecule has 0 unspecified atom stereocenters. The molecule has 1 aromatic carbocycles. The highest BCUT2D eigenvalue weighted by Gasteiger charge is 2.08. The molecule has 0 heterocycles. The van der Waals surface area contributed by atoms with Gasteiger partial charge in [0.2, 0.25) is 0 Å². The lowest BCUT2D eigenvalue weighted by molar-refractivity contribution is 0.0696. The maximum atomic E-state index is 10.7. The third-order valence-electron chi connectivity index (χ3n) is 1.67. The van der Waals surface area contributed by atoms with Gasteiger partial charge in [0.25, 0.3) is 0 Å². The average Bonchev–Trinajstić information content (AvgIpc) is 2.03. The number of benzene rings is 1. The lowest BCUT2D eigenvalue weighted by Gasteiger charge is -2.01.